The second kappa shape index (κ2) is 13.9. The molecule has 0 unspecified atom stereocenters. The van der Waals surface area contributed by atoms with Gasteiger partial charge < -0.3 is 5.32 Å². The van der Waals surface area contributed by atoms with Crippen LogP contribution in [-0.2, 0) is 0 Å². The average molecular weight is 697 g/mol. The molecule has 0 atom stereocenters. The normalized spacial score (nSPS) is 17.3. The summed E-state index contributed by atoms with van der Waals surface area (Å²) in [7, 11) is 0. The molecule has 2 saturated carbocycles. The molecule has 3 aliphatic rings. The summed E-state index contributed by atoms with van der Waals surface area (Å²) in [6.45, 7) is 0. The topological polar surface area (TPSA) is 135 Å². The van der Waals surface area contributed by atoms with E-state index in [1.807, 2.05) is 53.2 Å². The number of aromatic nitrogens is 2. The molecule has 12 heteroatoms. The Balaban J connectivity index is 1.43. The lowest BCUT2D eigenvalue weighted by atomic mass is 9.85. The predicted octanol–water partition coefficient (Wildman–Crippen LogP) is 9.45. The second-order valence-electron chi connectivity index (χ2n) is 13.8. The molecule has 4 aromatic carbocycles. The fourth-order valence-electron chi connectivity index (χ4n) is 8.06. The third-order valence-electron chi connectivity index (χ3n) is 10.6. The summed E-state index contributed by atoms with van der Waals surface area (Å²) >= 11 is 0. The highest BCUT2D eigenvalue weighted by Crippen LogP contribution is 2.52. The Hall–Kier alpha value is -6.04. The van der Waals surface area contributed by atoms with Crippen molar-refractivity contribution in [3.63, 3.8) is 0 Å². The Bertz CT molecular complexity index is 2090. The van der Waals surface area contributed by atoms with E-state index < -0.39 is 10.6 Å². The predicted molar refractivity (Wildman–Crippen MR) is 203 cm³/mol. The van der Waals surface area contributed by atoms with Crippen molar-refractivity contribution in [2.45, 2.75) is 75.9 Å². The number of benzene rings is 4. The van der Waals surface area contributed by atoms with Crippen LogP contribution in [0.3, 0.4) is 0 Å². The molecule has 2 heterocycles. The number of nitro benzene ring substituents is 2. The van der Waals surface area contributed by atoms with Crippen molar-refractivity contribution in [2.75, 3.05) is 15.2 Å². The molecule has 2 fully saturated rings. The van der Waals surface area contributed by atoms with E-state index in [0.29, 0.717) is 11.5 Å². The molecule has 264 valence electrons. The highest BCUT2D eigenvalue weighted by molar-refractivity contribution is 6.16. The number of rotatable bonds is 9. The molecule has 1 N–H and O–H groups in total. The standard InChI is InChI=1S/C40H40N8O4/c49-47(50)34-23-19-29(20-24-34)36-37(39(41-31-13-5-1-6-14-31)45(42-36)32-15-7-2-8-16-32)44-38(30-21-25-35(26-22-30)48(51)52)43-46(33-17-9-3-10-18-33)40(44)27-11-4-12-28-40/h2-3,7-10,15-26,31,41H,1,4-6,11-14,27-28H2. The van der Waals surface area contributed by atoms with Crippen molar-refractivity contribution in [2.24, 2.45) is 5.10 Å². The summed E-state index contributed by atoms with van der Waals surface area (Å²) in [5.74, 6) is 1.48. The Morgan fingerprint density at radius 1 is 0.654 bits per heavy atom. The molecule has 1 aliphatic heterocycles. The number of nitro groups is 2. The molecule has 2 aliphatic carbocycles. The second-order valence-corrected chi connectivity index (χ2v) is 13.8. The molecule has 0 bridgehead atoms. The molecule has 12 nitrogen and oxygen atoms in total. The van der Waals surface area contributed by atoms with Gasteiger partial charge in [-0.3, -0.25) is 25.1 Å². The highest BCUT2D eigenvalue weighted by atomic mass is 16.6. The number of anilines is 3. The highest BCUT2D eigenvalue weighted by Gasteiger charge is 2.53. The number of hydrogen-bond donors (Lipinski definition) is 1. The van der Waals surface area contributed by atoms with Crippen LogP contribution in [0, 0.1) is 20.2 Å². The minimum atomic E-state index is -0.639. The number of nitrogens with zero attached hydrogens (tertiary/aromatic N) is 7. The maximum Gasteiger partial charge on any atom is 0.269 e. The zero-order valence-corrected chi connectivity index (χ0v) is 28.8. The van der Waals surface area contributed by atoms with E-state index in [2.05, 4.69) is 27.4 Å². The van der Waals surface area contributed by atoms with E-state index in [4.69, 9.17) is 10.2 Å². The Morgan fingerprint density at radius 2 is 1.19 bits per heavy atom. The van der Waals surface area contributed by atoms with Gasteiger partial charge in [0.05, 0.1) is 21.2 Å². The Labute approximate surface area is 301 Å². The van der Waals surface area contributed by atoms with Crippen molar-refractivity contribution in [3.8, 4) is 16.9 Å². The lowest BCUT2D eigenvalue weighted by Crippen LogP contribution is -2.57. The molecule has 52 heavy (non-hydrogen) atoms. The van der Waals surface area contributed by atoms with Crippen LogP contribution in [0.5, 0.6) is 0 Å². The number of amidine groups is 1. The van der Waals surface area contributed by atoms with Crippen molar-refractivity contribution >= 4 is 34.4 Å². The first-order valence-electron chi connectivity index (χ1n) is 18.1. The number of hydrazone groups is 1. The lowest BCUT2D eigenvalue weighted by molar-refractivity contribution is -0.385. The lowest BCUT2D eigenvalue weighted by Gasteiger charge is -2.47. The van der Waals surface area contributed by atoms with Crippen LogP contribution >= 0.6 is 0 Å². The summed E-state index contributed by atoms with van der Waals surface area (Å²) in [4.78, 5) is 25.0. The zero-order chi connectivity index (χ0) is 35.7. The van der Waals surface area contributed by atoms with E-state index in [0.717, 1.165) is 91.8 Å². The quantitative estimate of drug-likeness (QED) is 0.119. The number of non-ortho nitro benzene ring substituents is 2. The number of hydrogen-bond acceptors (Lipinski definition) is 9. The van der Waals surface area contributed by atoms with Crippen LogP contribution in [0.2, 0.25) is 0 Å². The maximum absolute atomic E-state index is 11.7. The van der Waals surface area contributed by atoms with Gasteiger partial charge in [-0.2, -0.15) is 10.2 Å². The molecule has 8 rings (SSSR count). The average Bonchev–Trinajstić information content (AvgIpc) is 3.71. The smallest absolute Gasteiger partial charge is 0.269 e. The largest absolute Gasteiger partial charge is 0.365 e. The number of para-hydroxylation sites is 2. The van der Waals surface area contributed by atoms with Crippen LogP contribution in [-0.4, -0.2) is 37.2 Å². The molecule has 0 amide bonds. The Morgan fingerprint density at radius 3 is 1.77 bits per heavy atom. The van der Waals surface area contributed by atoms with Crippen molar-refractivity contribution < 1.29 is 9.85 Å². The van der Waals surface area contributed by atoms with Gasteiger partial charge in [-0.25, -0.2) is 9.69 Å². The van der Waals surface area contributed by atoms with E-state index in [-0.39, 0.29) is 22.3 Å². The minimum Gasteiger partial charge on any atom is -0.365 e. The third kappa shape index (κ3) is 6.03. The van der Waals surface area contributed by atoms with Crippen LogP contribution in [0.15, 0.2) is 114 Å². The first-order chi connectivity index (χ1) is 25.4. The van der Waals surface area contributed by atoms with Crippen LogP contribution in [0.25, 0.3) is 16.9 Å². The summed E-state index contributed by atoms with van der Waals surface area (Å²) in [6.07, 6.45) is 10.2. The van der Waals surface area contributed by atoms with Crippen molar-refractivity contribution in [3.05, 3.63) is 135 Å². The van der Waals surface area contributed by atoms with Crippen LogP contribution in [0.1, 0.15) is 69.8 Å². The minimum absolute atomic E-state index is 0.00153. The van der Waals surface area contributed by atoms with Gasteiger partial charge in [0.15, 0.2) is 11.7 Å². The van der Waals surface area contributed by atoms with Crippen LogP contribution < -0.4 is 15.2 Å². The molecule has 1 aromatic heterocycles. The third-order valence-corrected chi connectivity index (χ3v) is 10.6. The van der Waals surface area contributed by atoms with Gasteiger partial charge in [0.2, 0.25) is 0 Å². The SMILES string of the molecule is O=[N+]([O-])c1ccc(C2=NN(c3ccccc3)C3(CCCCC3)N2c2c(-c3ccc([N+](=O)[O-])cc3)nn(-c3ccccc3)c2NC2CCCCC2)cc1. The fourth-order valence-corrected chi connectivity index (χ4v) is 8.06. The first-order valence-corrected chi connectivity index (χ1v) is 18.1. The summed E-state index contributed by atoms with van der Waals surface area (Å²) in [5, 5.41) is 40.4. The summed E-state index contributed by atoms with van der Waals surface area (Å²) < 4.78 is 1.97. The molecule has 5 aromatic rings. The first kappa shape index (κ1) is 33.1. The van der Waals surface area contributed by atoms with Gasteiger partial charge in [-0.1, -0.05) is 62.1 Å². The van der Waals surface area contributed by atoms with E-state index >= 15 is 0 Å². The Kier molecular flexibility index (Phi) is 8.88. The van der Waals surface area contributed by atoms with Gasteiger partial charge in [-0.15, -0.1) is 0 Å². The van der Waals surface area contributed by atoms with Crippen LogP contribution in [0.4, 0.5) is 28.6 Å². The molecule has 1 spiro atoms. The van der Waals surface area contributed by atoms with Gasteiger partial charge in [0.25, 0.3) is 11.4 Å². The van der Waals surface area contributed by atoms with Crippen molar-refractivity contribution in [1.82, 2.24) is 9.78 Å². The van der Waals surface area contributed by atoms with E-state index in [9.17, 15) is 20.2 Å². The zero-order valence-electron chi connectivity index (χ0n) is 28.8. The maximum atomic E-state index is 11.7. The molecule has 0 saturated heterocycles. The molecule has 0 radical (unpaired) electrons. The summed E-state index contributed by atoms with van der Waals surface area (Å²) in [5.41, 5.74) is 4.13. The van der Waals surface area contributed by atoms with Crippen molar-refractivity contribution in [1.29, 1.82) is 0 Å². The van der Waals surface area contributed by atoms with Gasteiger partial charge in [0.1, 0.15) is 17.0 Å². The van der Waals surface area contributed by atoms with E-state index in [1.54, 1.807) is 24.3 Å². The molecular formula is C40H40N8O4. The van der Waals surface area contributed by atoms with E-state index in [1.165, 1.54) is 30.7 Å². The number of nitrogens with one attached hydrogen (secondary N) is 1. The van der Waals surface area contributed by atoms with Gasteiger partial charge in [0, 0.05) is 41.4 Å². The van der Waals surface area contributed by atoms with Gasteiger partial charge >= 0.3 is 0 Å². The van der Waals surface area contributed by atoms with Gasteiger partial charge in [-0.05, 0) is 87.1 Å². The monoisotopic (exact) mass is 696 g/mol. The summed E-state index contributed by atoms with van der Waals surface area (Å²) in [6, 6.07) is 33.6. The molecular weight excluding hydrogens is 656 g/mol. The fraction of sp³-hybridized carbons (Fsp3) is 0.300.